The van der Waals surface area contributed by atoms with E-state index in [1.807, 2.05) is 17.8 Å². The predicted octanol–water partition coefficient (Wildman–Crippen LogP) is 1.45. The van der Waals surface area contributed by atoms with Gasteiger partial charge in [-0.25, -0.2) is 9.67 Å². The lowest BCUT2D eigenvalue weighted by molar-refractivity contribution is 0.562. The molecular weight excluding hydrogens is 220 g/mol. The van der Waals surface area contributed by atoms with Gasteiger partial charge in [-0.3, -0.25) is 0 Å². The van der Waals surface area contributed by atoms with Crippen LogP contribution in [0.25, 0.3) is 5.13 Å². The van der Waals surface area contributed by atoms with Crippen molar-refractivity contribution < 1.29 is 0 Å². The van der Waals surface area contributed by atoms with Crippen LogP contribution in [0.2, 0.25) is 0 Å². The molecule has 0 fully saturated rings. The van der Waals surface area contributed by atoms with Gasteiger partial charge in [-0.05, 0) is 31.7 Å². The highest BCUT2D eigenvalue weighted by Gasteiger charge is 2.21. The number of rotatable bonds is 1. The molecule has 4 nitrogen and oxygen atoms in total. The van der Waals surface area contributed by atoms with Crippen molar-refractivity contribution in [3.05, 3.63) is 28.5 Å². The van der Waals surface area contributed by atoms with Gasteiger partial charge in [0.25, 0.3) is 0 Å². The van der Waals surface area contributed by atoms with Crippen LogP contribution in [0.4, 0.5) is 0 Å². The average molecular weight is 234 g/mol. The maximum atomic E-state index is 5.95. The third-order valence-corrected chi connectivity index (χ3v) is 3.91. The number of aromatic nitrogens is 3. The average Bonchev–Trinajstić information content (AvgIpc) is 2.83. The second kappa shape index (κ2) is 3.68. The van der Waals surface area contributed by atoms with E-state index in [4.69, 9.17) is 5.73 Å². The van der Waals surface area contributed by atoms with Crippen molar-refractivity contribution in [2.45, 2.75) is 32.2 Å². The largest absolute Gasteiger partial charge is 0.327 e. The number of thiazole rings is 1. The fourth-order valence-corrected chi connectivity index (χ4v) is 2.94. The Balaban J connectivity index is 2.03. The van der Waals surface area contributed by atoms with Crippen LogP contribution in [-0.2, 0) is 12.8 Å². The summed E-state index contributed by atoms with van der Waals surface area (Å²) in [5.74, 6) is 0. The normalized spacial score (nSPS) is 19.8. The molecule has 2 aromatic heterocycles. The molecule has 0 amide bonds. The van der Waals surface area contributed by atoms with Crippen molar-refractivity contribution in [2.24, 2.45) is 5.73 Å². The van der Waals surface area contributed by atoms with Crippen LogP contribution < -0.4 is 5.73 Å². The summed E-state index contributed by atoms with van der Waals surface area (Å²) >= 11 is 1.64. The van der Waals surface area contributed by atoms with Crippen molar-refractivity contribution in [1.29, 1.82) is 0 Å². The summed E-state index contributed by atoms with van der Waals surface area (Å²) in [6.07, 6.45) is 4.93. The summed E-state index contributed by atoms with van der Waals surface area (Å²) in [6.45, 7) is 2.01. The molecule has 0 radical (unpaired) electrons. The molecule has 2 heterocycles. The van der Waals surface area contributed by atoms with E-state index in [0.29, 0.717) is 6.04 Å². The van der Waals surface area contributed by atoms with Gasteiger partial charge in [-0.2, -0.15) is 5.10 Å². The van der Waals surface area contributed by atoms with Crippen molar-refractivity contribution in [1.82, 2.24) is 14.8 Å². The Morgan fingerprint density at radius 1 is 1.56 bits per heavy atom. The molecule has 0 spiro atoms. The first-order chi connectivity index (χ1) is 7.74. The maximum absolute atomic E-state index is 5.95. The number of fused-ring (bicyclic) bond motifs is 1. The number of nitrogens with zero attached hydrogens (tertiary/aromatic N) is 3. The Bertz CT molecular complexity index is 514. The fourth-order valence-electron chi connectivity index (χ4n) is 2.15. The Morgan fingerprint density at radius 3 is 3.19 bits per heavy atom. The highest BCUT2D eigenvalue weighted by Crippen LogP contribution is 2.24. The molecule has 1 aliphatic carbocycles. The van der Waals surface area contributed by atoms with Gasteiger partial charge in [0.2, 0.25) is 5.13 Å². The molecule has 0 aliphatic heterocycles. The number of hydrogen-bond acceptors (Lipinski definition) is 4. The Hall–Kier alpha value is -1.20. The molecule has 84 valence electrons. The third kappa shape index (κ3) is 1.56. The van der Waals surface area contributed by atoms with Gasteiger partial charge in [-0.15, -0.1) is 11.3 Å². The van der Waals surface area contributed by atoms with E-state index in [1.54, 1.807) is 11.3 Å². The molecule has 3 rings (SSSR count). The van der Waals surface area contributed by atoms with Gasteiger partial charge in [0, 0.05) is 11.4 Å². The van der Waals surface area contributed by atoms with Gasteiger partial charge in [-0.1, -0.05) is 0 Å². The van der Waals surface area contributed by atoms with Crippen LogP contribution >= 0.6 is 11.3 Å². The number of hydrogen-bond donors (Lipinski definition) is 1. The van der Waals surface area contributed by atoms with Crippen LogP contribution in [-0.4, -0.2) is 20.8 Å². The molecule has 0 saturated carbocycles. The van der Waals surface area contributed by atoms with Crippen LogP contribution in [0.15, 0.2) is 11.6 Å². The SMILES string of the molecule is Cc1csc(-n2ncc3c2CCC(N)C3)n1. The molecule has 5 heteroatoms. The minimum absolute atomic E-state index is 0.295. The standard InChI is InChI=1S/C11H14N4S/c1-7-6-16-11(14-7)15-10-3-2-9(12)4-8(10)5-13-15/h5-6,9H,2-4,12H2,1H3. The molecule has 1 aliphatic rings. The molecule has 2 N–H and O–H groups in total. The topological polar surface area (TPSA) is 56.7 Å². The second-order valence-electron chi connectivity index (χ2n) is 4.30. The lowest BCUT2D eigenvalue weighted by atomic mass is 9.94. The van der Waals surface area contributed by atoms with E-state index in [2.05, 4.69) is 15.5 Å². The number of aryl methyl sites for hydroxylation is 1. The van der Waals surface area contributed by atoms with Gasteiger partial charge >= 0.3 is 0 Å². The monoisotopic (exact) mass is 234 g/mol. The van der Waals surface area contributed by atoms with Crippen LogP contribution in [0.3, 0.4) is 0 Å². The zero-order chi connectivity index (χ0) is 11.1. The molecule has 0 saturated heterocycles. The summed E-state index contributed by atoms with van der Waals surface area (Å²) in [5.41, 5.74) is 9.58. The maximum Gasteiger partial charge on any atom is 0.210 e. The van der Waals surface area contributed by atoms with Crippen molar-refractivity contribution >= 4 is 11.3 Å². The lowest BCUT2D eigenvalue weighted by Gasteiger charge is -2.18. The van der Waals surface area contributed by atoms with Crippen LogP contribution in [0.5, 0.6) is 0 Å². The van der Waals surface area contributed by atoms with E-state index >= 15 is 0 Å². The number of nitrogens with two attached hydrogens (primary N) is 1. The smallest absolute Gasteiger partial charge is 0.210 e. The van der Waals surface area contributed by atoms with E-state index < -0.39 is 0 Å². The van der Waals surface area contributed by atoms with Crippen molar-refractivity contribution in [2.75, 3.05) is 0 Å². The molecule has 0 aromatic carbocycles. The molecule has 1 atom stereocenters. The van der Waals surface area contributed by atoms with E-state index in [0.717, 1.165) is 30.1 Å². The van der Waals surface area contributed by atoms with Crippen molar-refractivity contribution in [3.63, 3.8) is 0 Å². The van der Waals surface area contributed by atoms with Crippen molar-refractivity contribution in [3.8, 4) is 5.13 Å². The predicted molar refractivity (Wildman–Crippen MR) is 64.0 cm³/mol. The van der Waals surface area contributed by atoms with Crippen LogP contribution in [0, 0.1) is 6.92 Å². The summed E-state index contributed by atoms with van der Waals surface area (Å²) in [7, 11) is 0. The van der Waals surface area contributed by atoms with E-state index in [1.165, 1.54) is 11.3 Å². The van der Waals surface area contributed by atoms with Crippen LogP contribution in [0.1, 0.15) is 23.4 Å². The van der Waals surface area contributed by atoms with Gasteiger partial charge in [0.15, 0.2) is 0 Å². The molecule has 0 bridgehead atoms. The summed E-state index contributed by atoms with van der Waals surface area (Å²) in [5, 5.41) is 7.45. The third-order valence-electron chi connectivity index (χ3n) is 2.98. The zero-order valence-corrected chi connectivity index (χ0v) is 10.00. The zero-order valence-electron chi connectivity index (χ0n) is 9.18. The van der Waals surface area contributed by atoms with E-state index in [-0.39, 0.29) is 0 Å². The minimum atomic E-state index is 0.295. The lowest BCUT2D eigenvalue weighted by Crippen LogP contribution is -2.28. The summed E-state index contributed by atoms with van der Waals surface area (Å²) in [4.78, 5) is 4.47. The first kappa shape index (κ1) is 9.99. The second-order valence-corrected chi connectivity index (χ2v) is 5.14. The Kier molecular flexibility index (Phi) is 2.29. The van der Waals surface area contributed by atoms with Gasteiger partial charge < -0.3 is 5.73 Å². The summed E-state index contributed by atoms with van der Waals surface area (Å²) < 4.78 is 1.97. The van der Waals surface area contributed by atoms with Gasteiger partial charge in [0.05, 0.1) is 17.6 Å². The molecule has 16 heavy (non-hydrogen) atoms. The quantitative estimate of drug-likeness (QED) is 0.812. The highest BCUT2D eigenvalue weighted by molar-refractivity contribution is 7.12. The fraction of sp³-hybridized carbons (Fsp3) is 0.455. The van der Waals surface area contributed by atoms with E-state index in [9.17, 15) is 0 Å². The molecule has 2 aromatic rings. The Labute approximate surface area is 98.1 Å². The Morgan fingerprint density at radius 2 is 2.44 bits per heavy atom. The summed E-state index contributed by atoms with van der Waals surface area (Å²) in [6, 6.07) is 0.295. The molecule has 1 unspecified atom stereocenters. The minimum Gasteiger partial charge on any atom is -0.327 e. The highest BCUT2D eigenvalue weighted by atomic mass is 32.1. The first-order valence-electron chi connectivity index (χ1n) is 5.48. The first-order valence-corrected chi connectivity index (χ1v) is 6.36. The van der Waals surface area contributed by atoms with Gasteiger partial charge in [0.1, 0.15) is 0 Å². The molecular formula is C11H14N4S.